The van der Waals surface area contributed by atoms with E-state index in [0.717, 1.165) is 56.1 Å². The molecule has 0 saturated carbocycles. The van der Waals surface area contributed by atoms with Crippen molar-refractivity contribution in [3.05, 3.63) is 99.0 Å². The molecule has 1 unspecified atom stereocenters. The molecule has 0 radical (unpaired) electrons. The lowest BCUT2D eigenvalue weighted by molar-refractivity contribution is 0.0954. The first-order chi connectivity index (χ1) is 19.0. The van der Waals surface area contributed by atoms with Crippen molar-refractivity contribution in [2.24, 2.45) is 4.99 Å². The highest BCUT2D eigenvalue weighted by atomic mass is 35.5. The summed E-state index contributed by atoms with van der Waals surface area (Å²) in [6.45, 7) is 5.39. The summed E-state index contributed by atoms with van der Waals surface area (Å²) in [5.41, 5.74) is 5.21. The second-order valence-electron chi connectivity index (χ2n) is 10.3. The summed E-state index contributed by atoms with van der Waals surface area (Å²) in [6.07, 6.45) is 3.94. The minimum Gasteiger partial charge on any atom is -0.352 e. The quantitative estimate of drug-likeness (QED) is 0.250. The van der Waals surface area contributed by atoms with Gasteiger partial charge in [-0.2, -0.15) is 0 Å². The molecule has 3 N–H and O–H groups in total. The molecule has 39 heavy (non-hydrogen) atoms. The molecule has 1 aliphatic heterocycles. The van der Waals surface area contributed by atoms with E-state index < -0.39 is 0 Å². The van der Waals surface area contributed by atoms with Crippen LogP contribution >= 0.6 is 23.2 Å². The number of nitrogens with one attached hydrogen (secondary N) is 3. The Hall–Kier alpha value is -3.06. The fraction of sp³-hybridized carbons (Fsp3) is 0.355. The summed E-state index contributed by atoms with van der Waals surface area (Å²) in [5.74, 6) is 0.775. The second-order valence-corrected chi connectivity index (χ2v) is 11.1. The number of piperazine rings is 1. The van der Waals surface area contributed by atoms with Gasteiger partial charge >= 0.3 is 0 Å². The number of fused-ring (bicyclic) bond motifs is 1. The maximum atomic E-state index is 12.7. The van der Waals surface area contributed by atoms with Gasteiger partial charge in [-0.15, -0.1) is 0 Å². The van der Waals surface area contributed by atoms with E-state index in [0.29, 0.717) is 34.6 Å². The first kappa shape index (κ1) is 27.5. The third-order valence-electron chi connectivity index (χ3n) is 7.38. The van der Waals surface area contributed by atoms with E-state index in [1.807, 2.05) is 36.4 Å². The molecule has 1 aliphatic carbocycles. The molecule has 3 aromatic rings. The predicted octanol–water partition coefficient (Wildman–Crippen LogP) is 6.11. The molecule has 1 heterocycles. The molecule has 0 bridgehead atoms. The number of carbonyl (C=O) groups excluding carboxylic acids is 1. The Balaban J connectivity index is 1.26. The highest BCUT2D eigenvalue weighted by molar-refractivity contribution is 6.35. The van der Waals surface area contributed by atoms with Crippen LogP contribution in [0.1, 0.15) is 52.9 Å². The SMILES string of the molecule is C[C@H]1CN(C(=NC2CCCc3ccccc32)Nc2ccc(C(=O)NCCc3ccc(Cl)cc3Cl)cc2)CCN1. The van der Waals surface area contributed by atoms with E-state index in [1.54, 1.807) is 6.07 Å². The summed E-state index contributed by atoms with van der Waals surface area (Å²) in [5, 5.41) is 11.3. The summed E-state index contributed by atoms with van der Waals surface area (Å²) in [4.78, 5) is 20.4. The van der Waals surface area contributed by atoms with Crippen molar-refractivity contribution in [1.29, 1.82) is 0 Å². The number of aliphatic imine (C=N–C) groups is 1. The van der Waals surface area contributed by atoms with Crippen LogP contribution < -0.4 is 16.0 Å². The van der Waals surface area contributed by atoms with Gasteiger partial charge in [0.25, 0.3) is 5.91 Å². The number of amides is 1. The molecule has 1 saturated heterocycles. The number of rotatable bonds is 6. The zero-order valence-corrected chi connectivity index (χ0v) is 23.7. The monoisotopic (exact) mass is 563 g/mol. The first-order valence-electron chi connectivity index (χ1n) is 13.7. The number of carbonyl (C=O) groups is 1. The number of aryl methyl sites for hydroxylation is 1. The van der Waals surface area contributed by atoms with Gasteiger partial charge in [-0.3, -0.25) is 4.79 Å². The summed E-state index contributed by atoms with van der Waals surface area (Å²) >= 11 is 12.2. The maximum Gasteiger partial charge on any atom is 0.251 e. The van der Waals surface area contributed by atoms with E-state index >= 15 is 0 Å². The van der Waals surface area contributed by atoms with Crippen molar-refractivity contribution in [2.45, 2.75) is 44.7 Å². The average Bonchev–Trinajstić information content (AvgIpc) is 2.94. The van der Waals surface area contributed by atoms with Gasteiger partial charge in [-0.1, -0.05) is 53.5 Å². The van der Waals surface area contributed by atoms with E-state index in [9.17, 15) is 4.79 Å². The molecule has 0 aromatic heterocycles. The van der Waals surface area contributed by atoms with Crippen molar-refractivity contribution < 1.29 is 4.79 Å². The smallest absolute Gasteiger partial charge is 0.251 e. The van der Waals surface area contributed by atoms with Gasteiger partial charge in [0.15, 0.2) is 5.96 Å². The van der Waals surface area contributed by atoms with Crippen LogP contribution in [0.15, 0.2) is 71.7 Å². The normalized spacial score (nSPS) is 19.4. The highest BCUT2D eigenvalue weighted by Gasteiger charge is 2.24. The topological polar surface area (TPSA) is 68.8 Å². The fourth-order valence-electron chi connectivity index (χ4n) is 5.30. The Kier molecular flexibility index (Phi) is 9.07. The Bertz CT molecular complexity index is 1330. The lowest BCUT2D eigenvalue weighted by Gasteiger charge is -2.35. The van der Waals surface area contributed by atoms with Crippen molar-refractivity contribution in [2.75, 3.05) is 31.5 Å². The van der Waals surface area contributed by atoms with Crippen LogP contribution in [0.2, 0.25) is 10.0 Å². The lowest BCUT2D eigenvalue weighted by atomic mass is 9.88. The van der Waals surface area contributed by atoms with Gasteiger partial charge in [0.1, 0.15) is 0 Å². The summed E-state index contributed by atoms with van der Waals surface area (Å²) in [7, 11) is 0. The number of anilines is 1. The van der Waals surface area contributed by atoms with Crippen LogP contribution in [-0.2, 0) is 12.8 Å². The van der Waals surface area contributed by atoms with Gasteiger partial charge in [0, 0.05) is 53.5 Å². The molecule has 2 aliphatic rings. The van der Waals surface area contributed by atoms with Gasteiger partial charge in [-0.05, 0) is 85.7 Å². The molecule has 2 atom stereocenters. The Labute approximate surface area is 240 Å². The van der Waals surface area contributed by atoms with Crippen LogP contribution in [-0.4, -0.2) is 49.0 Å². The Morgan fingerprint density at radius 2 is 1.92 bits per heavy atom. The minimum atomic E-state index is -0.115. The molecular weight excluding hydrogens is 529 g/mol. The third kappa shape index (κ3) is 7.13. The van der Waals surface area contributed by atoms with Gasteiger partial charge < -0.3 is 20.9 Å². The average molecular weight is 565 g/mol. The molecule has 6 nitrogen and oxygen atoms in total. The number of benzene rings is 3. The lowest BCUT2D eigenvalue weighted by Crippen LogP contribution is -2.53. The van der Waals surface area contributed by atoms with Crippen molar-refractivity contribution in [1.82, 2.24) is 15.5 Å². The van der Waals surface area contributed by atoms with Gasteiger partial charge in [-0.25, -0.2) is 4.99 Å². The molecule has 0 spiro atoms. The van der Waals surface area contributed by atoms with Gasteiger partial charge in [0.05, 0.1) is 6.04 Å². The van der Waals surface area contributed by atoms with Crippen LogP contribution in [0.25, 0.3) is 0 Å². The third-order valence-corrected chi connectivity index (χ3v) is 7.97. The number of hydrogen-bond donors (Lipinski definition) is 3. The Morgan fingerprint density at radius 3 is 2.72 bits per heavy atom. The van der Waals surface area contributed by atoms with Crippen molar-refractivity contribution >= 4 is 40.8 Å². The number of nitrogens with zero attached hydrogens (tertiary/aromatic N) is 2. The Morgan fingerprint density at radius 1 is 1.10 bits per heavy atom. The van der Waals surface area contributed by atoms with E-state index in [4.69, 9.17) is 28.2 Å². The number of guanidine groups is 1. The number of hydrogen-bond acceptors (Lipinski definition) is 3. The fourth-order valence-corrected chi connectivity index (χ4v) is 5.80. The number of halogens is 2. The summed E-state index contributed by atoms with van der Waals surface area (Å²) in [6, 6.07) is 22.2. The largest absolute Gasteiger partial charge is 0.352 e. The van der Waals surface area contributed by atoms with Crippen molar-refractivity contribution in [3.8, 4) is 0 Å². The van der Waals surface area contributed by atoms with Crippen LogP contribution in [0.4, 0.5) is 5.69 Å². The molecule has 3 aromatic carbocycles. The molecule has 1 amide bonds. The maximum absolute atomic E-state index is 12.7. The van der Waals surface area contributed by atoms with Gasteiger partial charge in [0.2, 0.25) is 0 Å². The minimum absolute atomic E-state index is 0.115. The molecular formula is C31H35Cl2N5O. The van der Waals surface area contributed by atoms with Crippen LogP contribution in [0, 0.1) is 0 Å². The highest BCUT2D eigenvalue weighted by Crippen LogP contribution is 2.33. The molecule has 204 valence electrons. The van der Waals surface area contributed by atoms with Crippen molar-refractivity contribution in [3.63, 3.8) is 0 Å². The van der Waals surface area contributed by atoms with Crippen LogP contribution in [0.3, 0.4) is 0 Å². The summed E-state index contributed by atoms with van der Waals surface area (Å²) < 4.78 is 0. The molecule has 5 rings (SSSR count). The zero-order chi connectivity index (χ0) is 27.2. The van der Waals surface area contributed by atoms with Crippen LogP contribution in [0.5, 0.6) is 0 Å². The molecule has 8 heteroatoms. The standard InChI is InChI=1S/C31H35Cl2N5O/c1-21-20-38(18-17-34-21)31(37-29-8-4-6-22-5-2-3-7-27(22)29)36-26-13-10-24(11-14-26)30(39)35-16-15-23-9-12-25(32)19-28(23)33/h2-3,5,7,9-14,19,21,29,34H,4,6,8,15-18,20H2,1H3,(H,35,39)(H,36,37)/t21-,29?/m0/s1. The second kappa shape index (κ2) is 12.9. The van der Waals surface area contributed by atoms with E-state index in [-0.39, 0.29) is 11.9 Å². The zero-order valence-electron chi connectivity index (χ0n) is 22.2. The first-order valence-corrected chi connectivity index (χ1v) is 14.4. The van der Waals surface area contributed by atoms with E-state index in [2.05, 4.69) is 52.0 Å². The van der Waals surface area contributed by atoms with E-state index in [1.165, 1.54) is 11.1 Å². The predicted molar refractivity (Wildman–Crippen MR) is 161 cm³/mol. The molecule has 1 fully saturated rings.